The highest BCUT2D eigenvalue weighted by atomic mass is 16.5. The van der Waals surface area contributed by atoms with Crippen molar-refractivity contribution < 1.29 is 4.74 Å². The molecule has 26 heavy (non-hydrogen) atoms. The zero-order valence-corrected chi connectivity index (χ0v) is 15.5. The van der Waals surface area contributed by atoms with Crippen LogP contribution < -0.4 is 4.74 Å². The third-order valence-electron chi connectivity index (χ3n) is 5.47. The Morgan fingerprint density at radius 3 is 2.15 bits per heavy atom. The van der Waals surface area contributed by atoms with Crippen molar-refractivity contribution in [2.75, 3.05) is 6.73 Å². The molecule has 0 radical (unpaired) electrons. The highest BCUT2D eigenvalue weighted by molar-refractivity contribution is 5.64. The van der Waals surface area contributed by atoms with Crippen molar-refractivity contribution in [3.05, 3.63) is 64.5 Å². The van der Waals surface area contributed by atoms with Gasteiger partial charge in [0.25, 0.3) is 0 Å². The Hall–Kier alpha value is -2.45. The molecule has 1 aliphatic rings. The fourth-order valence-corrected chi connectivity index (χ4v) is 4.01. The van der Waals surface area contributed by atoms with Gasteiger partial charge in [0, 0.05) is 4.91 Å². The highest BCUT2D eigenvalue weighted by Crippen LogP contribution is 2.38. The van der Waals surface area contributed by atoms with E-state index in [1.54, 1.807) is 0 Å². The lowest BCUT2D eigenvalue weighted by molar-refractivity contribution is 0.308. The van der Waals surface area contributed by atoms with Crippen LogP contribution in [-0.2, 0) is 0 Å². The SMILES string of the molecule is CCCC1CCC(c2ccc(-c3ccc(OCN=[N+]=[N-])cc3)cc2)CC1. The molecule has 2 aromatic carbocycles. The number of benzene rings is 2. The van der Waals surface area contributed by atoms with E-state index in [-0.39, 0.29) is 6.73 Å². The first-order chi connectivity index (χ1) is 12.8. The van der Waals surface area contributed by atoms with Gasteiger partial charge in [-0.2, -0.15) is 0 Å². The molecule has 1 fully saturated rings. The minimum atomic E-state index is 0.0189. The molecule has 4 heteroatoms. The van der Waals surface area contributed by atoms with Crippen molar-refractivity contribution in [2.24, 2.45) is 11.0 Å². The second-order valence-electron chi connectivity index (χ2n) is 7.16. The zero-order chi connectivity index (χ0) is 18.2. The molecule has 0 saturated heterocycles. The molecule has 136 valence electrons. The number of azide groups is 1. The van der Waals surface area contributed by atoms with Gasteiger partial charge in [-0.3, -0.25) is 0 Å². The standard InChI is InChI=1S/C22H27N3O/c1-2-3-17-4-6-18(7-5-17)19-8-10-20(11-9-19)21-12-14-22(15-13-21)26-16-24-25-23/h8-15,17-18H,2-7,16H2,1H3. The summed E-state index contributed by atoms with van der Waals surface area (Å²) in [6.07, 6.45) is 8.16. The summed E-state index contributed by atoms with van der Waals surface area (Å²) in [5, 5.41) is 3.37. The first-order valence-electron chi connectivity index (χ1n) is 9.64. The first-order valence-corrected chi connectivity index (χ1v) is 9.64. The van der Waals surface area contributed by atoms with E-state index < -0.39 is 0 Å². The Labute approximate surface area is 155 Å². The minimum absolute atomic E-state index is 0.0189. The summed E-state index contributed by atoms with van der Waals surface area (Å²) >= 11 is 0. The molecule has 0 bridgehead atoms. The molecule has 3 rings (SSSR count). The van der Waals surface area contributed by atoms with Crippen LogP contribution in [0.4, 0.5) is 0 Å². The Kier molecular flexibility index (Phi) is 6.56. The number of hydrogen-bond acceptors (Lipinski definition) is 2. The third kappa shape index (κ3) is 4.80. The van der Waals surface area contributed by atoms with Gasteiger partial charge in [-0.15, -0.1) is 0 Å². The molecular weight excluding hydrogens is 322 g/mol. The van der Waals surface area contributed by atoms with E-state index in [0.717, 1.165) is 11.8 Å². The van der Waals surface area contributed by atoms with Crippen LogP contribution in [0.25, 0.3) is 21.6 Å². The first kappa shape index (κ1) is 18.3. The molecule has 0 amide bonds. The van der Waals surface area contributed by atoms with Crippen molar-refractivity contribution in [3.8, 4) is 16.9 Å². The van der Waals surface area contributed by atoms with Gasteiger partial charge in [0.2, 0.25) is 0 Å². The van der Waals surface area contributed by atoms with Crippen molar-refractivity contribution >= 4 is 0 Å². The second-order valence-corrected chi connectivity index (χ2v) is 7.16. The smallest absolute Gasteiger partial charge is 0.167 e. The van der Waals surface area contributed by atoms with Gasteiger partial charge in [-0.25, -0.2) is 0 Å². The summed E-state index contributed by atoms with van der Waals surface area (Å²) in [6, 6.07) is 16.9. The summed E-state index contributed by atoms with van der Waals surface area (Å²) in [5.41, 5.74) is 12.1. The molecule has 0 N–H and O–H groups in total. The van der Waals surface area contributed by atoms with E-state index in [2.05, 4.69) is 41.2 Å². The van der Waals surface area contributed by atoms with Gasteiger partial charge >= 0.3 is 0 Å². The van der Waals surface area contributed by atoms with E-state index in [1.165, 1.54) is 55.2 Å². The van der Waals surface area contributed by atoms with Crippen molar-refractivity contribution in [1.82, 2.24) is 0 Å². The number of ether oxygens (including phenoxy) is 1. The van der Waals surface area contributed by atoms with E-state index in [9.17, 15) is 0 Å². The van der Waals surface area contributed by atoms with Crippen LogP contribution in [-0.4, -0.2) is 6.73 Å². The highest BCUT2D eigenvalue weighted by Gasteiger charge is 2.21. The molecule has 1 aliphatic carbocycles. The summed E-state index contributed by atoms with van der Waals surface area (Å²) in [4.78, 5) is 2.68. The summed E-state index contributed by atoms with van der Waals surface area (Å²) in [7, 11) is 0. The predicted molar refractivity (Wildman–Crippen MR) is 106 cm³/mol. The number of hydrogen-bond donors (Lipinski definition) is 0. The largest absolute Gasteiger partial charge is 0.488 e. The van der Waals surface area contributed by atoms with Crippen molar-refractivity contribution in [2.45, 2.75) is 51.4 Å². The third-order valence-corrected chi connectivity index (χ3v) is 5.47. The van der Waals surface area contributed by atoms with Gasteiger partial charge in [0.15, 0.2) is 6.73 Å². The average molecular weight is 349 g/mol. The normalized spacial score (nSPS) is 19.6. The summed E-state index contributed by atoms with van der Waals surface area (Å²) in [5.74, 6) is 2.39. The topological polar surface area (TPSA) is 58.0 Å². The molecule has 2 aromatic rings. The van der Waals surface area contributed by atoms with Crippen LogP contribution in [0.15, 0.2) is 53.6 Å². The minimum Gasteiger partial charge on any atom is -0.488 e. The Morgan fingerprint density at radius 2 is 1.58 bits per heavy atom. The van der Waals surface area contributed by atoms with Crippen LogP contribution in [0.1, 0.15) is 56.9 Å². The van der Waals surface area contributed by atoms with E-state index in [0.29, 0.717) is 5.75 Å². The van der Waals surface area contributed by atoms with Crippen molar-refractivity contribution in [3.63, 3.8) is 0 Å². The number of rotatable bonds is 7. The summed E-state index contributed by atoms with van der Waals surface area (Å²) in [6.45, 7) is 2.31. The lowest BCUT2D eigenvalue weighted by atomic mass is 9.77. The Balaban J connectivity index is 1.60. The van der Waals surface area contributed by atoms with Crippen LogP contribution >= 0.6 is 0 Å². The quantitative estimate of drug-likeness (QED) is 0.299. The molecule has 0 atom stereocenters. The van der Waals surface area contributed by atoms with Crippen LogP contribution in [0.2, 0.25) is 0 Å². The Bertz CT molecular complexity index is 725. The molecule has 0 heterocycles. The van der Waals surface area contributed by atoms with Crippen molar-refractivity contribution in [1.29, 1.82) is 0 Å². The van der Waals surface area contributed by atoms with Gasteiger partial charge in [-0.1, -0.05) is 61.3 Å². The lowest BCUT2D eigenvalue weighted by Crippen LogP contribution is -2.13. The monoisotopic (exact) mass is 349 g/mol. The molecule has 1 saturated carbocycles. The van der Waals surface area contributed by atoms with Crippen LogP contribution in [0, 0.1) is 5.92 Å². The van der Waals surface area contributed by atoms with E-state index >= 15 is 0 Å². The average Bonchev–Trinajstić information content (AvgIpc) is 2.70. The fourth-order valence-electron chi connectivity index (χ4n) is 4.01. The fraction of sp³-hybridized carbons (Fsp3) is 0.455. The van der Waals surface area contributed by atoms with E-state index in [4.69, 9.17) is 10.3 Å². The second kappa shape index (κ2) is 9.30. The maximum absolute atomic E-state index is 8.27. The van der Waals surface area contributed by atoms with Crippen LogP contribution in [0.5, 0.6) is 5.75 Å². The molecule has 0 aliphatic heterocycles. The molecule has 0 unspecified atom stereocenters. The van der Waals surface area contributed by atoms with Crippen LogP contribution in [0.3, 0.4) is 0 Å². The maximum atomic E-state index is 8.27. The van der Waals surface area contributed by atoms with Gasteiger partial charge in [0.1, 0.15) is 5.75 Å². The Morgan fingerprint density at radius 1 is 0.962 bits per heavy atom. The molecule has 4 nitrogen and oxygen atoms in total. The van der Waals surface area contributed by atoms with Gasteiger partial charge < -0.3 is 4.74 Å². The number of nitrogens with zero attached hydrogens (tertiary/aromatic N) is 3. The molecular formula is C22H27N3O. The van der Waals surface area contributed by atoms with E-state index in [1.807, 2.05) is 24.3 Å². The summed E-state index contributed by atoms with van der Waals surface area (Å²) < 4.78 is 5.34. The molecule has 0 spiro atoms. The predicted octanol–water partition coefficient (Wildman–Crippen LogP) is 7.07. The molecule has 0 aromatic heterocycles. The zero-order valence-electron chi connectivity index (χ0n) is 15.5. The van der Waals surface area contributed by atoms with Gasteiger partial charge in [0.05, 0.1) is 0 Å². The maximum Gasteiger partial charge on any atom is 0.167 e. The van der Waals surface area contributed by atoms with Gasteiger partial charge in [-0.05, 0) is 71.9 Å². The lowest BCUT2D eigenvalue weighted by Gasteiger charge is -2.28.